The predicted molar refractivity (Wildman–Crippen MR) is 110 cm³/mol. The molecule has 0 aliphatic carbocycles. The molecule has 2 aromatic rings. The maximum absolute atomic E-state index is 13.0. The molecule has 1 amide bonds. The van der Waals surface area contributed by atoms with E-state index in [4.69, 9.17) is 0 Å². The van der Waals surface area contributed by atoms with Crippen molar-refractivity contribution in [3.63, 3.8) is 0 Å². The number of Topliss-reactive ketones (excluding diaryl/α,β-unsaturated/α-hetero) is 1. The minimum absolute atomic E-state index is 0.271. The summed E-state index contributed by atoms with van der Waals surface area (Å²) >= 11 is 3.38. The zero-order valence-electron chi connectivity index (χ0n) is 15.4. The molecule has 1 aliphatic heterocycles. The highest BCUT2D eigenvalue weighted by Gasteiger charge is 2.50. The number of carbonyl (C=O) groups excluding carboxylic acids is 2. The maximum atomic E-state index is 13.0. The summed E-state index contributed by atoms with van der Waals surface area (Å²) in [6.45, 7) is 8.11. The van der Waals surface area contributed by atoms with E-state index in [2.05, 4.69) is 36.4 Å². The lowest BCUT2D eigenvalue weighted by molar-refractivity contribution is -0.135. The number of carbonyl (C=O) groups is 2. The highest BCUT2D eigenvalue weighted by molar-refractivity contribution is 9.10. The molecule has 0 bridgehead atoms. The molecule has 140 valence electrons. The second-order valence-corrected chi connectivity index (χ2v) is 8.02. The largest absolute Gasteiger partial charge is 0.375 e. The van der Waals surface area contributed by atoms with Gasteiger partial charge in [-0.05, 0) is 29.7 Å². The van der Waals surface area contributed by atoms with Crippen molar-refractivity contribution >= 4 is 33.3 Å². The molecule has 27 heavy (non-hydrogen) atoms. The van der Waals surface area contributed by atoms with E-state index >= 15 is 0 Å². The van der Waals surface area contributed by atoms with E-state index in [0.29, 0.717) is 22.7 Å². The Hall–Kier alpha value is -2.24. The van der Waals surface area contributed by atoms with Crippen molar-refractivity contribution in [1.82, 2.24) is 0 Å². The van der Waals surface area contributed by atoms with Crippen LogP contribution in [-0.4, -0.2) is 23.3 Å². The van der Waals surface area contributed by atoms with E-state index < -0.39 is 11.5 Å². The van der Waals surface area contributed by atoms with Crippen LogP contribution in [0.15, 0.2) is 59.6 Å². The third-order valence-electron chi connectivity index (χ3n) is 4.92. The average molecular weight is 428 g/mol. The molecular formula is C22H22BrNO3. The summed E-state index contributed by atoms with van der Waals surface area (Å²) in [6, 6.07) is 12.6. The molecule has 2 aromatic carbocycles. The van der Waals surface area contributed by atoms with E-state index in [1.54, 1.807) is 36.4 Å². The smallest absolute Gasteiger partial charge is 0.264 e. The molecule has 0 saturated heterocycles. The van der Waals surface area contributed by atoms with E-state index in [1.165, 1.54) is 4.90 Å². The van der Waals surface area contributed by atoms with Crippen molar-refractivity contribution in [3.8, 4) is 0 Å². The third-order valence-corrected chi connectivity index (χ3v) is 5.41. The number of rotatable bonds is 6. The molecule has 4 nitrogen and oxygen atoms in total. The lowest BCUT2D eigenvalue weighted by Crippen LogP contribution is -2.41. The average Bonchev–Trinajstić information content (AvgIpc) is 2.84. The lowest BCUT2D eigenvalue weighted by Gasteiger charge is -2.22. The van der Waals surface area contributed by atoms with Gasteiger partial charge in [-0.15, -0.1) is 6.58 Å². The molecule has 0 aromatic heterocycles. The molecule has 1 atom stereocenters. The lowest BCUT2D eigenvalue weighted by atomic mass is 9.87. The van der Waals surface area contributed by atoms with Gasteiger partial charge in [-0.1, -0.05) is 60.1 Å². The van der Waals surface area contributed by atoms with Gasteiger partial charge in [-0.2, -0.15) is 0 Å². The van der Waals surface area contributed by atoms with Gasteiger partial charge >= 0.3 is 0 Å². The van der Waals surface area contributed by atoms with Gasteiger partial charge in [0.25, 0.3) is 5.91 Å². The zero-order chi connectivity index (χ0) is 19.8. The first-order valence-electron chi connectivity index (χ1n) is 8.86. The molecular weight excluding hydrogens is 406 g/mol. The molecule has 0 fully saturated rings. The van der Waals surface area contributed by atoms with Crippen LogP contribution in [-0.2, 0) is 10.4 Å². The molecule has 3 rings (SSSR count). The van der Waals surface area contributed by atoms with Crippen LogP contribution in [0.5, 0.6) is 0 Å². The van der Waals surface area contributed by atoms with Crippen molar-refractivity contribution in [2.75, 3.05) is 11.4 Å². The second-order valence-electron chi connectivity index (χ2n) is 7.10. The van der Waals surface area contributed by atoms with Crippen LogP contribution in [0.3, 0.4) is 0 Å². The normalized spacial score (nSPS) is 18.7. The number of ketones is 1. The van der Waals surface area contributed by atoms with Crippen LogP contribution in [0.1, 0.15) is 47.7 Å². The molecule has 0 radical (unpaired) electrons. The second kappa shape index (κ2) is 7.41. The van der Waals surface area contributed by atoms with Crippen LogP contribution in [0.4, 0.5) is 5.69 Å². The number of halogens is 1. The minimum Gasteiger partial charge on any atom is -0.375 e. The van der Waals surface area contributed by atoms with Crippen molar-refractivity contribution < 1.29 is 14.7 Å². The number of benzene rings is 2. The Labute approximate surface area is 167 Å². The maximum Gasteiger partial charge on any atom is 0.264 e. The van der Waals surface area contributed by atoms with Crippen molar-refractivity contribution in [2.45, 2.75) is 31.8 Å². The van der Waals surface area contributed by atoms with Gasteiger partial charge in [-0.25, -0.2) is 0 Å². The topological polar surface area (TPSA) is 57.6 Å². The van der Waals surface area contributed by atoms with Crippen LogP contribution in [0.2, 0.25) is 0 Å². The Balaban J connectivity index is 1.95. The van der Waals surface area contributed by atoms with E-state index in [9.17, 15) is 14.7 Å². The van der Waals surface area contributed by atoms with Crippen molar-refractivity contribution in [1.29, 1.82) is 0 Å². The summed E-state index contributed by atoms with van der Waals surface area (Å²) in [5, 5.41) is 11.2. The molecule has 1 N–H and O–H groups in total. The predicted octanol–water partition coefficient (Wildman–Crippen LogP) is 4.57. The number of hydrogen-bond donors (Lipinski definition) is 1. The van der Waals surface area contributed by atoms with Gasteiger partial charge < -0.3 is 10.0 Å². The number of nitrogens with zero attached hydrogens (tertiary/aromatic N) is 1. The number of amides is 1. The van der Waals surface area contributed by atoms with Crippen molar-refractivity contribution in [2.24, 2.45) is 0 Å². The Kier molecular flexibility index (Phi) is 5.36. The summed E-state index contributed by atoms with van der Waals surface area (Å²) in [5.74, 6) is -0.401. The fraction of sp³-hybridized carbons (Fsp3) is 0.273. The van der Waals surface area contributed by atoms with Crippen LogP contribution in [0.25, 0.3) is 0 Å². The van der Waals surface area contributed by atoms with Gasteiger partial charge in [0, 0.05) is 22.1 Å². The first-order chi connectivity index (χ1) is 12.8. The van der Waals surface area contributed by atoms with Gasteiger partial charge in [0.05, 0.1) is 12.1 Å². The molecule has 5 heteroatoms. The summed E-state index contributed by atoms with van der Waals surface area (Å²) in [4.78, 5) is 27.2. The number of anilines is 1. The third kappa shape index (κ3) is 3.49. The number of aliphatic hydroxyl groups is 1. The summed E-state index contributed by atoms with van der Waals surface area (Å²) in [5.41, 5.74) is 0.785. The molecule has 1 aliphatic rings. The highest BCUT2D eigenvalue weighted by Crippen LogP contribution is 2.44. The summed E-state index contributed by atoms with van der Waals surface area (Å²) in [7, 11) is 0. The Morgan fingerprint density at radius 3 is 2.52 bits per heavy atom. The Bertz CT molecular complexity index is 904. The minimum atomic E-state index is -1.88. The molecule has 0 saturated carbocycles. The SMILES string of the molecule is C=CCN1C(=O)C(O)(CC(=O)c2ccc(C(C)C)cc2)c2cc(Br)ccc21. The molecule has 0 spiro atoms. The van der Waals surface area contributed by atoms with E-state index in [-0.39, 0.29) is 18.7 Å². The number of fused-ring (bicyclic) bond motifs is 1. The highest BCUT2D eigenvalue weighted by atomic mass is 79.9. The number of hydrogen-bond acceptors (Lipinski definition) is 3. The van der Waals surface area contributed by atoms with Gasteiger partial charge in [0.15, 0.2) is 11.4 Å². The first-order valence-corrected chi connectivity index (χ1v) is 9.65. The van der Waals surface area contributed by atoms with Crippen molar-refractivity contribution in [3.05, 3.63) is 76.3 Å². The fourth-order valence-electron chi connectivity index (χ4n) is 3.39. The van der Waals surface area contributed by atoms with E-state index in [0.717, 1.165) is 10.0 Å². The summed E-state index contributed by atoms with van der Waals surface area (Å²) < 4.78 is 0.738. The standard InChI is InChI=1S/C22H22BrNO3/c1-4-11-24-19-10-9-17(23)12-18(19)22(27,21(24)26)13-20(25)16-7-5-15(6-8-16)14(2)3/h4-10,12,14,27H,1,11,13H2,2-3H3. The van der Waals surface area contributed by atoms with Crippen LogP contribution in [0, 0.1) is 0 Å². The van der Waals surface area contributed by atoms with Gasteiger partial charge in [0.2, 0.25) is 0 Å². The molecule has 1 unspecified atom stereocenters. The quantitative estimate of drug-likeness (QED) is 0.542. The first kappa shape index (κ1) is 19.5. The Morgan fingerprint density at radius 1 is 1.26 bits per heavy atom. The van der Waals surface area contributed by atoms with Crippen LogP contribution >= 0.6 is 15.9 Å². The summed E-state index contributed by atoms with van der Waals surface area (Å²) in [6.07, 6.45) is 1.30. The molecule has 1 heterocycles. The van der Waals surface area contributed by atoms with Gasteiger partial charge in [0.1, 0.15) is 0 Å². The Morgan fingerprint density at radius 2 is 1.93 bits per heavy atom. The monoisotopic (exact) mass is 427 g/mol. The fourth-order valence-corrected chi connectivity index (χ4v) is 3.75. The zero-order valence-corrected chi connectivity index (χ0v) is 17.0. The van der Waals surface area contributed by atoms with Crippen LogP contribution < -0.4 is 4.90 Å². The van der Waals surface area contributed by atoms with Gasteiger partial charge in [-0.3, -0.25) is 9.59 Å². The van der Waals surface area contributed by atoms with E-state index in [1.807, 2.05) is 12.1 Å².